The van der Waals surface area contributed by atoms with Crippen LogP contribution in [0.2, 0.25) is 0 Å². The molecule has 0 saturated carbocycles. The number of amides is 4. The van der Waals surface area contributed by atoms with Gasteiger partial charge in [-0.05, 0) is 55.7 Å². The predicted octanol–water partition coefficient (Wildman–Crippen LogP) is 9.81. The second-order valence-electron chi connectivity index (χ2n) is 16.9. The van der Waals surface area contributed by atoms with Crippen LogP contribution < -0.4 is 21.3 Å². The van der Waals surface area contributed by atoms with Crippen LogP contribution in [-0.4, -0.2) is 80.1 Å². The molecule has 350 valence electrons. The number of anilines is 2. The largest absolute Gasteiger partial charge is 0.440 e. The van der Waals surface area contributed by atoms with Gasteiger partial charge in [-0.3, -0.25) is 10.1 Å². The average molecular weight is 897 g/mol. The van der Waals surface area contributed by atoms with Gasteiger partial charge in [0.1, 0.15) is 12.2 Å². The highest BCUT2D eigenvalue weighted by molar-refractivity contribution is 5.89. The van der Waals surface area contributed by atoms with E-state index >= 15 is 0 Å². The summed E-state index contributed by atoms with van der Waals surface area (Å²) in [7, 11) is 0. The van der Waals surface area contributed by atoms with Gasteiger partial charge in [-0.2, -0.15) is 13.2 Å². The number of halogens is 3. The maximum atomic E-state index is 13.7. The van der Waals surface area contributed by atoms with Crippen LogP contribution in [0, 0.1) is 12.8 Å². The van der Waals surface area contributed by atoms with Crippen LogP contribution in [0.4, 0.5) is 34.1 Å². The molecule has 6 rings (SSSR count). The van der Waals surface area contributed by atoms with Crippen molar-refractivity contribution in [3.05, 3.63) is 95.6 Å². The van der Waals surface area contributed by atoms with Crippen molar-refractivity contribution < 1.29 is 56.0 Å². The summed E-state index contributed by atoms with van der Waals surface area (Å²) >= 11 is 0. The van der Waals surface area contributed by atoms with E-state index in [9.17, 15) is 27.6 Å². The van der Waals surface area contributed by atoms with Crippen molar-refractivity contribution in [3.8, 4) is 0 Å². The Labute approximate surface area is 373 Å². The van der Waals surface area contributed by atoms with Gasteiger partial charge in [-0.15, -0.1) is 0 Å². The molecule has 3 heterocycles. The topological polar surface area (TPSA) is 155 Å². The minimum absolute atomic E-state index is 0.0811. The fraction of sp³-hybridized carbons (Fsp3) is 0.562. The smallest absolute Gasteiger partial charge is 0.416 e. The van der Waals surface area contributed by atoms with E-state index in [1.165, 1.54) is 37.8 Å². The van der Waals surface area contributed by atoms with Gasteiger partial charge < -0.3 is 44.4 Å². The van der Waals surface area contributed by atoms with Gasteiger partial charge in [0.25, 0.3) is 0 Å². The number of carbonyl (C=O) groups excluding carboxylic acids is 3. The van der Waals surface area contributed by atoms with Crippen molar-refractivity contribution in [1.82, 2.24) is 10.6 Å². The Hall–Kier alpha value is -4.74. The van der Waals surface area contributed by atoms with Gasteiger partial charge in [0.05, 0.1) is 43.1 Å². The van der Waals surface area contributed by atoms with Gasteiger partial charge in [0.15, 0.2) is 18.7 Å². The molecule has 3 aliphatic rings. The molecule has 13 nitrogen and oxygen atoms in total. The monoisotopic (exact) mass is 896 g/mol. The van der Waals surface area contributed by atoms with Crippen LogP contribution in [0.5, 0.6) is 0 Å². The first kappa shape index (κ1) is 48.7. The fourth-order valence-corrected chi connectivity index (χ4v) is 8.54. The summed E-state index contributed by atoms with van der Waals surface area (Å²) in [5.74, 6) is -0.764. The van der Waals surface area contributed by atoms with Gasteiger partial charge in [-0.25, -0.2) is 9.59 Å². The number of ether oxygens (including phenoxy) is 6. The minimum Gasteiger partial charge on any atom is -0.440 e. The number of hydrogen-bond donors (Lipinski definition) is 4. The lowest BCUT2D eigenvalue weighted by Crippen LogP contribution is -2.68. The molecule has 16 heteroatoms. The number of fused-ring (bicyclic) bond motifs is 1. The lowest BCUT2D eigenvalue weighted by molar-refractivity contribution is -0.360. The fourth-order valence-electron chi connectivity index (χ4n) is 8.54. The molecule has 3 aromatic carbocycles. The SMILES string of the molecule is CCCCCCCCCCC(=O)N[C@H]1C(CC)OCC(NC(=O)Nc2cccc(C(F)(F)F)c2)[C@H]1O[C@@H]1OC2COC(c3ccccc3)O[C@@H]2[C@H](C)C1OC(=O)Nc1cccc(C)c1. The van der Waals surface area contributed by atoms with E-state index in [-0.39, 0.29) is 31.2 Å². The molecule has 4 N–H and O–H groups in total. The molecule has 0 aromatic heterocycles. The molecule has 3 aliphatic heterocycles. The third kappa shape index (κ3) is 13.6. The van der Waals surface area contributed by atoms with Crippen LogP contribution >= 0.6 is 0 Å². The summed E-state index contributed by atoms with van der Waals surface area (Å²) < 4.78 is 79.2. The van der Waals surface area contributed by atoms with Crippen LogP contribution in [0.15, 0.2) is 78.9 Å². The second kappa shape index (κ2) is 23.4. The third-order valence-corrected chi connectivity index (χ3v) is 11.9. The van der Waals surface area contributed by atoms with E-state index in [1.807, 2.05) is 63.2 Å². The number of urea groups is 1. The van der Waals surface area contributed by atoms with Gasteiger partial charge in [0, 0.05) is 29.3 Å². The maximum absolute atomic E-state index is 13.7. The van der Waals surface area contributed by atoms with Crippen molar-refractivity contribution in [2.75, 3.05) is 23.8 Å². The number of rotatable bonds is 18. The lowest BCUT2D eigenvalue weighted by atomic mass is 9.89. The first-order valence-electron chi connectivity index (χ1n) is 22.7. The number of unbranched alkanes of at least 4 members (excludes halogenated alkanes) is 7. The standard InChI is InChI=1S/C48H63F3N4O9/c1-5-7-8-9-10-11-12-16-25-39(56)55-40-37(6-2)59-28-36(54-46(57)52-35-24-18-22-33(27-35)48(49,50)51)43(40)63-45-42(64-47(58)53-34-23-17-19-30(3)26-34)31(4)41-38(61-45)29-60-44(62-41)32-20-14-13-15-21-32/h13-15,17-24,26-27,31,36-38,40-45H,5-12,16,25,28-29H2,1-4H3,(H,53,58)(H,55,56)(H2,52,54,57)/t31-,36?,37?,38?,40-,41+,42?,43+,44?,45-/m0/s1. The van der Waals surface area contributed by atoms with Gasteiger partial charge in [0.2, 0.25) is 5.91 Å². The van der Waals surface area contributed by atoms with E-state index < -0.39 is 85.0 Å². The van der Waals surface area contributed by atoms with Crippen molar-refractivity contribution >= 4 is 29.4 Å². The number of hydrogen-bond acceptors (Lipinski definition) is 9. The quantitative estimate of drug-likeness (QED) is 0.0914. The molecule has 5 unspecified atom stereocenters. The minimum atomic E-state index is -4.62. The Morgan fingerprint density at radius 1 is 0.766 bits per heavy atom. The van der Waals surface area contributed by atoms with Crippen LogP contribution in [-0.2, 0) is 39.4 Å². The average Bonchev–Trinajstić information content (AvgIpc) is 3.27. The summed E-state index contributed by atoms with van der Waals surface area (Å²) in [5, 5.41) is 11.2. The van der Waals surface area contributed by atoms with E-state index in [4.69, 9.17) is 28.4 Å². The summed E-state index contributed by atoms with van der Waals surface area (Å²) in [6.07, 6.45) is -2.18. The highest BCUT2D eigenvalue weighted by atomic mass is 19.4. The van der Waals surface area contributed by atoms with E-state index in [2.05, 4.69) is 28.2 Å². The molecule has 10 atom stereocenters. The Bertz CT molecular complexity index is 1960. The molecule has 3 fully saturated rings. The van der Waals surface area contributed by atoms with E-state index in [0.29, 0.717) is 18.5 Å². The molecule has 4 amide bonds. The summed E-state index contributed by atoms with van der Waals surface area (Å²) in [5.41, 5.74) is 1.23. The zero-order valence-electron chi connectivity index (χ0n) is 37.1. The van der Waals surface area contributed by atoms with Crippen LogP contribution in [0.1, 0.15) is 108 Å². The summed E-state index contributed by atoms with van der Waals surface area (Å²) in [4.78, 5) is 41.0. The number of benzene rings is 3. The molecule has 0 bridgehead atoms. The third-order valence-electron chi connectivity index (χ3n) is 11.9. The molecule has 0 aliphatic carbocycles. The Morgan fingerprint density at radius 2 is 1.47 bits per heavy atom. The normalized spacial score (nSPS) is 26.9. The molecular formula is C48H63F3N4O9. The number of carbonyl (C=O) groups is 3. The second-order valence-corrected chi connectivity index (χ2v) is 16.9. The lowest BCUT2D eigenvalue weighted by Gasteiger charge is -2.50. The van der Waals surface area contributed by atoms with Crippen molar-refractivity contribution in [1.29, 1.82) is 0 Å². The first-order valence-corrected chi connectivity index (χ1v) is 22.7. The van der Waals surface area contributed by atoms with Gasteiger partial charge >= 0.3 is 18.3 Å². The molecular weight excluding hydrogens is 834 g/mol. The zero-order chi connectivity index (χ0) is 45.6. The van der Waals surface area contributed by atoms with E-state index in [0.717, 1.165) is 42.5 Å². The van der Waals surface area contributed by atoms with Gasteiger partial charge in [-0.1, -0.05) is 114 Å². The highest BCUT2D eigenvalue weighted by Crippen LogP contribution is 2.40. The first-order chi connectivity index (χ1) is 30.8. The predicted molar refractivity (Wildman–Crippen MR) is 234 cm³/mol. The molecule has 0 spiro atoms. The Morgan fingerprint density at radius 3 is 2.17 bits per heavy atom. The van der Waals surface area contributed by atoms with Crippen LogP contribution in [0.3, 0.4) is 0 Å². The molecule has 64 heavy (non-hydrogen) atoms. The zero-order valence-corrected chi connectivity index (χ0v) is 37.1. The van der Waals surface area contributed by atoms with Crippen molar-refractivity contribution in [2.45, 2.75) is 153 Å². The molecule has 0 radical (unpaired) electrons. The number of nitrogens with one attached hydrogen (secondary N) is 4. The van der Waals surface area contributed by atoms with Crippen molar-refractivity contribution in [3.63, 3.8) is 0 Å². The number of alkyl halides is 3. The van der Waals surface area contributed by atoms with Crippen LogP contribution in [0.25, 0.3) is 0 Å². The Kier molecular flexibility index (Phi) is 17.8. The number of aryl methyl sites for hydroxylation is 1. The maximum Gasteiger partial charge on any atom is 0.416 e. The van der Waals surface area contributed by atoms with E-state index in [1.54, 1.807) is 12.1 Å². The molecule has 3 aromatic rings. The Balaban J connectivity index is 1.25. The summed E-state index contributed by atoms with van der Waals surface area (Å²) in [6, 6.07) is 18.3. The molecule has 3 saturated heterocycles. The highest BCUT2D eigenvalue weighted by Gasteiger charge is 2.53. The van der Waals surface area contributed by atoms with Crippen molar-refractivity contribution in [2.24, 2.45) is 5.92 Å². The summed E-state index contributed by atoms with van der Waals surface area (Å²) in [6.45, 7) is 7.88.